The molecule has 1 N–H and O–H groups in total. The van der Waals surface area contributed by atoms with E-state index in [0.717, 1.165) is 17.7 Å². The maximum absolute atomic E-state index is 13.6. The smallest absolute Gasteiger partial charge is 0.254 e. The van der Waals surface area contributed by atoms with E-state index in [-0.39, 0.29) is 29.3 Å². The van der Waals surface area contributed by atoms with E-state index in [1.807, 2.05) is 12.1 Å². The molecular formula is C23H25F2N3O3. The lowest BCUT2D eigenvalue weighted by Crippen LogP contribution is -2.44. The molecule has 1 aromatic heterocycles. The Balaban J connectivity index is 1.46. The van der Waals surface area contributed by atoms with Gasteiger partial charge in [0.2, 0.25) is 5.91 Å². The van der Waals surface area contributed by atoms with Gasteiger partial charge < -0.3 is 15.0 Å². The van der Waals surface area contributed by atoms with Crippen molar-refractivity contribution in [2.45, 2.75) is 19.3 Å². The Hall–Kier alpha value is -2.87. The van der Waals surface area contributed by atoms with Gasteiger partial charge in [0.05, 0.1) is 5.92 Å². The molecule has 1 unspecified atom stereocenters. The third kappa shape index (κ3) is 4.58. The number of likely N-dealkylation sites (tertiary alicyclic amines) is 1. The molecule has 2 saturated heterocycles. The number of nitrogens with one attached hydrogen (secondary N) is 1. The Morgan fingerprint density at radius 2 is 1.87 bits per heavy atom. The zero-order valence-electron chi connectivity index (χ0n) is 17.2. The number of benzene rings is 1. The third-order valence-corrected chi connectivity index (χ3v) is 6.37. The number of ether oxygens (including phenoxy) is 1. The molecule has 0 bridgehead atoms. The van der Waals surface area contributed by atoms with Crippen molar-refractivity contribution in [3.63, 3.8) is 0 Å². The van der Waals surface area contributed by atoms with Crippen LogP contribution in [0.5, 0.6) is 0 Å². The maximum atomic E-state index is 13.6. The molecule has 2 fully saturated rings. The van der Waals surface area contributed by atoms with Gasteiger partial charge in [-0.05, 0) is 55.2 Å². The van der Waals surface area contributed by atoms with Crippen LogP contribution >= 0.6 is 0 Å². The van der Waals surface area contributed by atoms with Crippen molar-refractivity contribution in [2.24, 2.45) is 11.3 Å². The van der Waals surface area contributed by atoms with Crippen LogP contribution in [0, 0.1) is 23.0 Å². The van der Waals surface area contributed by atoms with E-state index in [2.05, 4.69) is 10.3 Å². The second-order valence-electron chi connectivity index (χ2n) is 8.24. The first kappa shape index (κ1) is 21.4. The molecule has 164 valence electrons. The number of carbonyl (C=O) groups excluding carboxylic acids is 2. The lowest BCUT2D eigenvalue weighted by atomic mass is 9.71. The molecule has 2 amide bonds. The van der Waals surface area contributed by atoms with Crippen LogP contribution in [0.4, 0.5) is 8.78 Å². The van der Waals surface area contributed by atoms with Crippen molar-refractivity contribution in [1.29, 1.82) is 0 Å². The van der Waals surface area contributed by atoms with Gasteiger partial charge in [0.15, 0.2) is 11.6 Å². The Labute approximate surface area is 179 Å². The molecule has 0 aliphatic carbocycles. The molecule has 8 heteroatoms. The Kier molecular flexibility index (Phi) is 6.27. The van der Waals surface area contributed by atoms with Crippen molar-refractivity contribution >= 4 is 11.8 Å². The van der Waals surface area contributed by atoms with E-state index >= 15 is 0 Å². The number of rotatable bonds is 5. The molecular weight excluding hydrogens is 404 g/mol. The van der Waals surface area contributed by atoms with Crippen LogP contribution < -0.4 is 5.32 Å². The largest absolute Gasteiger partial charge is 0.381 e. The molecule has 6 nitrogen and oxygen atoms in total. The number of halogens is 2. The molecule has 3 heterocycles. The van der Waals surface area contributed by atoms with Crippen LogP contribution in [0.25, 0.3) is 0 Å². The maximum Gasteiger partial charge on any atom is 0.254 e. The number of hydrogen-bond acceptors (Lipinski definition) is 4. The summed E-state index contributed by atoms with van der Waals surface area (Å²) in [7, 11) is 0. The SMILES string of the molecule is O=C(NCCc1ccncc1)C1CN(C(=O)c2ccc(F)c(F)c2)CC12CCOCC2. The summed E-state index contributed by atoms with van der Waals surface area (Å²) in [6.07, 6.45) is 5.47. The van der Waals surface area contributed by atoms with Gasteiger partial charge in [-0.2, -0.15) is 0 Å². The molecule has 2 aromatic rings. The van der Waals surface area contributed by atoms with Gasteiger partial charge in [-0.25, -0.2) is 8.78 Å². The van der Waals surface area contributed by atoms with Gasteiger partial charge >= 0.3 is 0 Å². The fourth-order valence-electron chi connectivity index (χ4n) is 4.58. The highest BCUT2D eigenvalue weighted by Gasteiger charge is 2.51. The molecule has 0 saturated carbocycles. The summed E-state index contributed by atoms with van der Waals surface area (Å²) in [5.74, 6) is -2.90. The average molecular weight is 429 g/mol. The number of carbonyl (C=O) groups is 2. The van der Waals surface area contributed by atoms with E-state index in [1.54, 1.807) is 17.3 Å². The first-order valence-corrected chi connectivity index (χ1v) is 10.5. The van der Waals surface area contributed by atoms with E-state index in [9.17, 15) is 18.4 Å². The minimum atomic E-state index is -1.06. The van der Waals surface area contributed by atoms with Crippen molar-refractivity contribution in [3.8, 4) is 0 Å². The average Bonchev–Trinajstić information content (AvgIpc) is 3.15. The lowest BCUT2D eigenvalue weighted by molar-refractivity contribution is -0.129. The summed E-state index contributed by atoms with van der Waals surface area (Å²) >= 11 is 0. The molecule has 1 aromatic carbocycles. The Morgan fingerprint density at radius 3 is 2.58 bits per heavy atom. The highest BCUT2D eigenvalue weighted by atomic mass is 19.2. The Bertz CT molecular complexity index is 948. The normalized spacial score (nSPS) is 20.1. The first-order chi connectivity index (χ1) is 15.0. The predicted octanol–water partition coefficient (Wildman–Crippen LogP) is 2.59. The van der Waals surface area contributed by atoms with E-state index < -0.39 is 17.5 Å². The summed E-state index contributed by atoms with van der Waals surface area (Å²) in [5, 5.41) is 3.01. The highest BCUT2D eigenvalue weighted by molar-refractivity contribution is 5.95. The van der Waals surface area contributed by atoms with Crippen molar-refractivity contribution in [2.75, 3.05) is 32.8 Å². The summed E-state index contributed by atoms with van der Waals surface area (Å²) in [6.45, 7) is 2.21. The van der Waals surface area contributed by atoms with Crippen LogP contribution in [-0.2, 0) is 16.0 Å². The van der Waals surface area contributed by atoms with Gasteiger partial charge in [-0.3, -0.25) is 14.6 Å². The first-order valence-electron chi connectivity index (χ1n) is 10.5. The van der Waals surface area contributed by atoms with Crippen LogP contribution in [0.2, 0.25) is 0 Å². The van der Waals surface area contributed by atoms with Crippen molar-refractivity contribution in [1.82, 2.24) is 15.2 Å². The van der Waals surface area contributed by atoms with Crippen molar-refractivity contribution < 1.29 is 23.1 Å². The molecule has 31 heavy (non-hydrogen) atoms. The van der Waals surface area contributed by atoms with E-state index in [4.69, 9.17) is 4.74 Å². The molecule has 2 aliphatic rings. The number of hydrogen-bond donors (Lipinski definition) is 1. The summed E-state index contributed by atoms with van der Waals surface area (Å²) in [5.41, 5.74) is 0.797. The van der Waals surface area contributed by atoms with E-state index in [0.29, 0.717) is 45.6 Å². The summed E-state index contributed by atoms with van der Waals surface area (Å²) in [4.78, 5) is 31.6. The minimum Gasteiger partial charge on any atom is -0.381 e. The summed E-state index contributed by atoms with van der Waals surface area (Å²) < 4.78 is 32.4. The zero-order chi connectivity index (χ0) is 21.8. The van der Waals surface area contributed by atoms with Crippen molar-refractivity contribution in [3.05, 3.63) is 65.5 Å². The number of aromatic nitrogens is 1. The number of pyridine rings is 1. The summed E-state index contributed by atoms with van der Waals surface area (Å²) in [6, 6.07) is 6.95. The van der Waals surface area contributed by atoms with Gasteiger partial charge in [0, 0.05) is 56.2 Å². The van der Waals surface area contributed by atoms with Gasteiger partial charge in [0.1, 0.15) is 0 Å². The second-order valence-corrected chi connectivity index (χ2v) is 8.24. The van der Waals surface area contributed by atoms with Crippen LogP contribution in [0.15, 0.2) is 42.7 Å². The standard InChI is InChI=1S/C23H25F2N3O3/c24-19-2-1-17(13-20(19)25)22(30)28-14-18(23(15-28)6-11-31-12-7-23)21(29)27-10-5-16-3-8-26-9-4-16/h1-4,8-9,13,18H,5-7,10-12,14-15H2,(H,27,29). The fraction of sp³-hybridized carbons (Fsp3) is 0.435. The molecule has 4 rings (SSSR count). The van der Waals surface area contributed by atoms with Gasteiger partial charge in [-0.1, -0.05) is 0 Å². The second kappa shape index (κ2) is 9.09. The van der Waals surface area contributed by atoms with Crippen LogP contribution in [0.1, 0.15) is 28.8 Å². The highest BCUT2D eigenvalue weighted by Crippen LogP contribution is 2.44. The number of amides is 2. The minimum absolute atomic E-state index is 0.0832. The lowest BCUT2D eigenvalue weighted by Gasteiger charge is -2.37. The molecule has 1 spiro atoms. The van der Waals surface area contributed by atoms with Gasteiger partial charge in [-0.15, -0.1) is 0 Å². The predicted molar refractivity (Wildman–Crippen MR) is 109 cm³/mol. The Morgan fingerprint density at radius 1 is 1.13 bits per heavy atom. The van der Waals surface area contributed by atoms with Crippen LogP contribution in [0.3, 0.4) is 0 Å². The number of nitrogens with zero attached hydrogens (tertiary/aromatic N) is 2. The molecule has 2 aliphatic heterocycles. The topological polar surface area (TPSA) is 71.5 Å². The molecule has 1 atom stereocenters. The van der Waals surface area contributed by atoms with E-state index in [1.165, 1.54) is 6.07 Å². The molecule has 0 radical (unpaired) electrons. The van der Waals surface area contributed by atoms with Gasteiger partial charge in [0.25, 0.3) is 5.91 Å². The quantitative estimate of drug-likeness (QED) is 0.793. The monoisotopic (exact) mass is 429 g/mol. The van der Waals surface area contributed by atoms with Crippen LogP contribution in [-0.4, -0.2) is 54.5 Å². The third-order valence-electron chi connectivity index (χ3n) is 6.37. The fourth-order valence-corrected chi connectivity index (χ4v) is 4.58. The zero-order valence-corrected chi connectivity index (χ0v) is 17.2.